The Kier molecular flexibility index (Phi) is 4.09. The van der Waals surface area contributed by atoms with Crippen LogP contribution in [-0.2, 0) is 0 Å². The highest BCUT2D eigenvalue weighted by atomic mass is 19.1. The van der Waals surface area contributed by atoms with Crippen molar-refractivity contribution in [2.75, 3.05) is 12.4 Å². The van der Waals surface area contributed by atoms with Crippen molar-refractivity contribution >= 4 is 33.2 Å². The van der Waals surface area contributed by atoms with Crippen molar-refractivity contribution in [1.29, 1.82) is 0 Å². The largest absolute Gasteiger partial charge is 0.494 e. The van der Waals surface area contributed by atoms with Gasteiger partial charge in [-0.15, -0.1) is 0 Å². The van der Waals surface area contributed by atoms with Gasteiger partial charge in [0.2, 0.25) is 0 Å². The molecule has 0 aliphatic rings. The normalized spacial score (nSPS) is 11.1. The average Bonchev–Trinajstić information content (AvgIpc) is 3.24. The molecule has 0 unspecified atom stereocenters. The third-order valence-corrected chi connectivity index (χ3v) is 4.99. The summed E-state index contributed by atoms with van der Waals surface area (Å²) in [5, 5.41) is 12.5. The van der Waals surface area contributed by atoms with Gasteiger partial charge in [-0.1, -0.05) is 24.3 Å². The summed E-state index contributed by atoms with van der Waals surface area (Å²) in [6.07, 6.45) is 3.55. The predicted octanol–water partition coefficient (Wildman–Crippen LogP) is 5.67. The fraction of sp³-hybridized carbons (Fsp3) is 0.0435. The summed E-state index contributed by atoms with van der Waals surface area (Å²) in [6.45, 7) is 0. The van der Waals surface area contributed by atoms with Gasteiger partial charge in [-0.2, -0.15) is 5.10 Å². The number of hydrogen-bond acceptors (Lipinski definition) is 4. The Bertz CT molecular complexity index is 1350. The fourth-order valence-corrected chi connectivity index (χ4v) is 3.54. The molecule has 6 heteroatoms. The maximum absolute atomic E-state index is 14.8. The van der Waals surface area contributed by atoms with Crippen LogP contribution in [0, 0.1) is 5.82 Å². The van der Waals surface area contributed by atoms with E-state index in [0.717, 1.165) is 38.7 Å². The van der Waals surface area contributed by atoms with Gasteiger partial charge in [0.1, 0.15) is 0 Å². The number of pyridine rings is 1. The molecule has 0 saturated carbocycles. The van der Waals surface area contributed by atoms with Gasteiger partial charge in [-0.05, 0) is 42.0 Å². The number of ether oxygens (including phenoxy) is 1. The van der Waals surface area contributed by atoms with E-state index >= 15 is 0 Å². The van der Waals surface area contributed by atoms with Gasteiger partial charge in [0.25, 0.3) is 0 Å². The lowest BCUT2D eigenvalue weighted by Gasteiger charge is -2.12. The van der Waals surface area contributed by atoms with Gasteiger partial charge < -0.3 is 10.1 Å². The molecule has 0 bridgehead atoms. The minimum atomic E-state index is -0.379. The molecule has 0 atom stereocenters. The summed E-state index contributed by atoms with van der Waals surface area (Å²) >= 11 is 0. The van der Waals surface area contributed by atoms with Crippen LogP contribution >= 0.6 is 0 Å². The maximum atomic E-state index is 14.8. The van der Waals surface area contributed by atoms with E-state index in [1.165, 1.54) is 7.11 Å². The lowest BCUT2D eigenvalue weighted by atomic mass is 10.0. The van der Waals surface area contributed by atoms with E-state index in [-0.39, 0.29) is 11.6 Å². The number of nitrogens with one attached hydrogen (secondary N) is 2. The Morgan fingerprint density at radius 1 is 0.966 bits per heavy atom. The topological polar surface area (TPSA) is 62.8 Å². The molecule has 5 aromatic rings. The summed E-state index contributed by atoms with van der Waals surface area (Å²) in [4.78, 5) is 4.45. The number of hydrogen-bond donors (Lipinski definition) is 2. The van der Waals surface area contributed by atoms with E-state index in [0.29, 0.717) is 5.56 Å². The number of nitrogens with zero attached hydrogens (tertiary/aromatic N) is 2. The summed E-state index contributed by atoms with van der Waals surface area (Å²) < 4.78 is 19.9. The number of methoxy groups -OCH3 is 1. The smallest absolute Gasteiger partial charge is 0.172 e. The molecule has 142 valence electrons. The Hall–Kier alpha value is -3.93. The molecule has 0 saturated heterocycles. The molecule has 2 aromatic heterocycles. The Morgan fingerprint density at radius 2 is 1.83 bits per heavy atom. The Balaban J connectivity index is 1.64. The second kappa shape index (κ2) is 6.91. The molecule has 2 N–H and O–H groups in total. The third kappa shape index (κ3) is 2.95. The van der Waals surface area contributed by atoms with Crippen molar-refractivity contribution in [1.82, 2.24) is 15.2 Å². The van der Waals surface area contributed by atoms with Gasteiger partial charge in [0.05, 0.1) is 24.3 Å². The van der Waals surface area contributed by atoms with Crippen molar-refractivity contribution < 1.29 is 9.13 Å². The van der Waals surface area contributed by atoms with Crippen LogP contribution in [0.2, 0.25) is 0 Å². The predicted molar refractivity (Wildman–Crippen MR) is 113 cm³/mol. The van der Waals surface area contributed by atoms with Gasteiger partial charge >= 0.3 is 0 Å². The number of benzene rings is 3. The van der Waals surface area contributed by atoms with Crippen LogP contribution in [0.1, 0.15) is 0 Å². The number of halogens is 1. The van der Waals surface area contributed by atoms with E-state index in [2.05, 4.69) is 20.5 Å². The van der Waals surface area contributed by atoms with Crippen LogP contribution in [0.15, 0.2) is 73.1 Å². The lowest BCUT2D eigenvalue weighted by molar-refractivity contribution is 0.387. The van der Waals surface area contributed by atoms with E-state index in [1.54, 1.807) is 30.6 Å². The van der Waals surface area contributed by atoms with E-state index in [9.17, 15) is 4.39 Å². The van der Waals surface area contributed by atoms with Crippen LogP contribution in [0.5, 0.6) is 5.75 Å². The summed E-state index contributed by atoms with van der Waals surface area (Å²) in [5.74, 6) is -0.158. The van der Waals surface area contributed by atoms with Crippen molar-refractivity contribution in [2.24, 2.45) is 0 Å². The third-order valence-electron chi connectivity index (χ3n) is 4.99. The molecule has 0 fully saturated rings. The highest BCUT2D eigenvalue weighted by Crippen LogP contribution is 2.34. The van der Waals surface area contributed by atoms with E-state index in [4.69, 9.17) is 4.74 Å². The Labute approximate surface area is 166 Å². The SMILES string of the molecule is COc1cccc(-c2ccc3nccc(Nc4cccc5[nH]ncc45)c3c2)c1F. The first-order valence-electron chi connectivity index (χ1n) is 9.15. The number of anilines is 2. The zero-order valence-corrected chi connectivity index (χ0v) is 15.6. The van der Waals surface area contributed by atoms with Gasteiger partial charge in [-0.25, -0.2) is 4.39 Å². The molecule has 0 aliphatic heterocycles. The first-order valence-corrected chi connectivity index (χ1v) is 9.15. The molecule has 2 heterocycles. The first kappa shape index (κ1) is 17.2. The molecule has 5 rings (SSSR count). The summed E-state index contributed by atoms with van der Waals surface area (Å²) in [6, 6.07) is 18.7. The van der Waals surface area contributed by atoms with Gasteiger partial charge in [-0.3, -0.25) is 10.1 Å². The van der Waals surface area contributed by atoms with E-state index in [1.807, 2.05) is 42.5 Å². The molecule has 3 aromatic carbocycles. The zero-order chi connectivity index (χ0) is 19.8. The number of aromatic nitrogens is 3. The fourth-order valence-electron chi connectivity index (χ4n) is 3.54. The van der Waals surface area contributed by atoms with E-state index < -0.39 is 0 Å². The number of aromatic amines is 1. The van der Waals surface area contributed by atoms with Crippen LogP contribution in [0.25, 0.3) is 32.9 Å². The molecular formula is C23H17FN4O. The maximum Gasteiger partial charge on any atom is 0.172 e. The summed E-state index contributed by atoms with van der Waals surface area (Å²) in [7, 11) is 1.46. The number of rotatable bonds is 4. The van der Waals surface area contributed by atoms with Crippen LogP contribution < -0.4 is 10.1 Å². The van der Waals surface area contributed by atoms with Crippen molar-refractivity contribution in [3.05, 3.63) is 78.9 Å². The molecule has 5 nitrogen and oxygen atoms in total. The number of H-pyrrole nitrogens is 1. The first-order chi connectivity index (χ1) is 14.2. The monoisotopic (exact) mass is 384 g/mol. The average molecular weight is 384 g/mol. The van der Waals surface area contributed by atoms with Crippen LogP contribution in [0.4, 0.5) is 15.8 Å². The second-order valence-electron chi connectivity index (χ2n) is 6.67. The van der Waals surface area contributed by atoms with Crippen molar-refractivity contribution in [3.63, 3.8) is 0 Å². The standard InChI is InChI=1S/C23H17FN4O/c1-29-22-7-2-4-15(23(22)24)14-8-9-18-16(12-14)20(10-11-25-18)27-19-5-3-6-21-17(19)13-26-28-21/h2-13H,1H3,(H,25,27)(H,26,28). The molecular weight excluding hydrogens is 367 g/mol. The molecule has 0 radical (unpaired) electrons. The quantitative estimate of drug-likeness (QED) is 0.419. The highest BCUT2D eigenvalue weighted by Gasteiger charge is 2.12. The van der Waals surface area contributed by atoms with Crippen LogP contribution in [0.3, 0.4) is 0 Å². The summed E-state index contributed by atoms with van der Waals surface area (Å²) in [5.41, 5.74) is 4.83. The highest BCUT2D eigenvalue weighted by molar-refractivity contribution is 5.99. The molecule has 0 spiro atoms. The number of fused-ring (bicyclic) bond motifs is 2. The van der Waals surface area contributed by atoms with Crippen LogP contribution in [-0.4, -0.2) is 22.3 Å². The second-order valence-corrected chi connectivity index (χ2v) is 6.67. The minimum absolute atomic E-state index is 0.221. The van der Waals surface area contributed by atoms with Crippen molar-refractivity contribution in [2.45, 2.75) is 0 Å². The zero-order valence-electron chi connectivity index (χ0n) is 15.6. The lowest BCUT2D eigenvalue weighted by Crippen LogP contribution is -1.95. The van der Waals surface area contributed by atoms with Gasteiger partial charge in [0.15, 0.2) is 11.6 Å². The van der Waals surface area contributed by atoms with Crippen molar-refractivity contribution in [3.8, 4) is 16.9 Å². The molecule has 0 amide bonds. The molecule has 29 heavy (non-hydrogen) atoms. The minimum Gasteiger partial charge on any atom is -0.494 e. The van der Waals surface area contributed by atoms with Gasteiger partial charge in [0, 0.05) is 33.9 Å². The molecule has 0 aliphatic carbocycles. The Morgan fingerprint density at radius 3 is 2.72 bits per heavy atom.